The van der Waals surface area contributed by atoms with Crippen LogP contribution in [0.25, 0.3) is 55.8 Å². The van der Waals surface area contributed by atoms with Gasteiger partial charge in [0.05, 0.1) is 36.4 Å². The van der Waals surface area contributed by atoms with Gasteiger partial charge >= 0.3 is 0 Å². The first-order chi connectivity index (χ1) is 22.2. The normalized spacial score (nSPS) is 11.7. The number of furan rings is 2. The van der Waals surface area contributed by atoms with Crippen molar-refractivity contribution in [3.63, 3.8) is 0 Å². The summed E-state index contributed by atoms with van der Waals surface area (Å²) in [5.41, 5.74) is 3.86. The summed E-state index contributed by atoms with van der Waals surface area (Å²) < 4.78 is 73.3. The van der Waals surface area contributed by atoms with Crippen molar-refractivity contribution in [3.8, 4) is 39.5 Å². The zero-order valence-electron chi connectivity index (χ0n) is 24.9. The van der Waals surface area contributed by atoms with Gasteiger partial charge in [-0.15, -0.1) is 0 Å². The summed E-state index contributed by atoms with van der Waals surface area (Å²) in [7, 11) is -0.902. The molecule has 1 amide bonds. The van der Waals surface area contributed by atoms with Crippen LogP contribution in [0.1, 0.15) is 23.2 Å². The third-order valence-corrected chi connectivity index (χ3v) is 8.87. The zero-order chi connectivity index (χ0) is 32.4. The maximum Gasteiger partial charge on any atom is 0.255 e. The highest BCUT2D eigenvalue weighted by Gasteiger charge is 2.25. The van der Waals surface area contributed by atoms with Crippen LogP contribution >= 0.6 is 0 Å². The molecule has 6 aromatic rings. The second-order valence-electron chi connectivity index (χ2n) is 10.5. The van der Waals surface area contributed by atoms with E-state index in [1.165, 1.54) is 44.5 Å². The Balaban J connectivity index is 1.58. The molecule has 0 bridgehead atoms. The SMILES string of the molecule is CNC(=O)c1c(-c2ccc(F)cc2)oc2cc(NS(=O)(=O)CCCCF)c(-c3ccc(OC)c(-c4cc5ncccc5o4)c3)cc12. The predicted molar refractivity (Wildman–Crippen MR) is 173 cm³/mol. The fourth-order valence-electron chi connectivity index (χ4n) is 5.30. The van der Waals surface area contributed by atoms with Crippen molar-refractivity contribution in [2.45, 2.75) is 12.8 Å². The van der Waals surface area contributed by atoms with E-state index in [0.29, 0.717) is 50.2 Å². The molecule has 12 heteroatoms. The Kier molecular flexibility index (Phi) is 8.46. The van der Waals surface area contributed by atoms with Crippen molar-refractivity contribution in [3.05, 3.63) is 90.4 Å². The smallest absolute Gasteiger partial charge is 0.255 e. The molecule has 0 unspecified atom stereocenters. The van der Waals surface area contributed by atoms with Crippen molar-refractivity contribution >= 4 is 43.7 Å². The highest BCUT2D eigenvalue weighted by Crippen LogP contribution is 2.43. The number of halogens is 2. The number of unbranched alkanes of at least 4 members (excludes halogenated alkanes) is 1. The number of fused-ring (bicyclic) bond motifs is 2. The first-order valence-corrected chi connectivity index (χ1v) is 16.0. The molecule has 0 aliphatic heterocycles. The molecule has 46 heavy (non-hydrogen) atoms. The van der Waals surface area contributed by atoms with Gasteiger partial charge in [-0.25, -0.2) is 12.8 Å². The van der Waals surface area contributed by atoms with Gasteiger partial charge in [0.2, 0.25) is 10.0 Å². The fourth-order valence-corrected chi connectivity index (χ4v) is 6.49. The summed E-state index contributed by atoms with van der Waals surface area (Å²) in [4.78, 5) is 17.6. The number of ether oxygens (including phenoxy) is 1. The van der Waals surface area contributed by atoms with Crippen LogP contribution in [0.2, 0.25) is 0 Å². The molecule has 0 spiro atoms. The van der Waals surface area contributed by atoms with Crippen molar-refractivity contribution in [2.24, 2.45) is 0 Å². The van der Waals surface area contributed by atoms with Crippen molar-refractivity contribution in [1.29, 1.82) is 0 Å². The van der Waals surface area contributed by atoms with Crippen LogP contribution in [-0.4, -0.2) is 45.9 Å². The van der Waals surface area contributed by atoms with E-state index in [2.05, 4.69) is 15.0 Å². The van der Waals surface area contributed by atoms with E-state index in [-0.39, 0.29) is 41.2 Å². The Morgan fingerprint density at radius 1 is 0.935 bits per heavy atom. The Morgan fingerprint density at radius 3 is 2.43 bits per heavy atom. The lowest BCUT2D eigenvalue weighted by Crippen LogP contribution is -2.18. The van der Waals surface area contributed by atoms with E-state index in [1.54, 1.807) is 48.7 Å². The van der Waals surface area contributed by atoms with Crippen LogP contribution in [-0.2, 0) is 10.0 Å². The van der Waals surface area contributed by atoms with E-state index < -0.39 is 28.4 Å². The summed E-state index contributed by atoms with van der Waals surface area (Å²) >= 11 is 0. The average Bonchev–Trinajstić information content (AvgIpc) is 3.65. The molecular weight excluding hydrogens is 616 g/mol. The monoisotopic (exact) mass is 645 g/mol. The second kappa shape index (κ2) is 12.6. The highest BCUT2D eigenvalue weighted by molar-refractivity contribution is 7.92. The van der Waals surface area contributed by atoms with E-state index in [9.17, 15) is 22.0 Å². The molecule has 0 saturated heterocycles. The first kappa shape index (κ1) is 30.8. The average molecular weight is 646 g/mol. The van der Waals surface area contributed by atoms with Crippen LogP contribution in [0.5, 0.6) is 5.75 Å². The van der Waals surface area contributed by atoms with E-state index in [1.807, 2.05) is 0 Å². The number of anilines is 1. The molecule has 3 aromatic carbocycles. The number of methoxy groups -OCH3 is 1. The molecule has 3 heterocycles. The van der Waals surface area contributed by atoms with Gasteiger partial charge < -0.3 is 18.9 Å². The molecule has 9 nitrogen and oxygen atoms in total. The maximum absolute atomic E-state index is 13.7. The first-order valence-electron chi connectivity index (χ1n) is 14.4. The number of nitrogens with zero attached hydrogens (tertiary/aromatic N) is 1. The topological polar surface area (TPSA) is 124 Å². The van der Waals surface area contributed by atoms with Crippen molar-refractivity contribution in [1.82, 2.24) is 10.3 Å². The lowest BCUT2D eigenvalue weighted by atomic mass is 9.96. The number of amides is 1. The van der Waals surface area contributed by atoms with Crippen LogP contribution in [0.3, 0.4) is 0 Å². The number of rotatable bonds is 11. The molecule has 0 atom stereocenters. The van der Waals surface area contributed by atoms with Gasteiger partial charge in [-0.3, -0.25) is 18.9 Å². The van der Waals surface area contributed by atoms with Crippen LogP contribution in [0.4, 0.5) is 14.5 Å². The highest BCUT2D eigenvalue weighted by atomic mass is 32.2. The minimum absolute atomic E-state index is 0.107. The van der Waals surface area contributed by atoms with Crippen LogP contribution < -0.4 is 14.8 Å². The third-order valence-electron chi connectivity index (χ3n) is 7.51. The standard InChI is InChI=1S/C34H29F2N3O6S/c1-37-34(40)32-25-17-23(21-9-12-28(43-2)24(16-21)30-19-27-29(44-30)6-5-14-38-27)26(39-46(41,42)15-4-3-13-35)18-31(25)45-33(32)20-7-10-22(36)11-8-20/h5-12,14,16-19,39H,3-4,13,15H2,1-2H3,(H,37,40). The van der Waals surface area contributed by atoms with Gasteiger partial charge in [-0.05, 0) is 73.0 Å². The summed E-state index contributed by atoms with van der Waals surface area (Å²) in [6.07, 6.45) is 1.90. The number of carbonyl (C=O) groups excluding carboxylic acids is 1. The summed E-state index contributed by atoms with van der Waals surface area (Å²) in [6, 6.07) is 19.3. The lowest BCUT2D eigenvalue weighted by Gasteiger charge is -2.15. The second-order valence-corrected chi connectivity index (χ2v) is 12.4. The molecule has 0 aliphatic carbocycles. The van der Waals surface area contributed by atoms with Gasteiger partial charge in [0, 0.05) is 41.9 Å². The molecular formula is C34H29F2N3O6S. The Labute approximate surface area is 263 Å². The minimum Gasteiger partial charge on any atom is -0.496 e. The molecule has 2 N–H and O–H groups in total. The Bertz CT molecular complexity index is 2140. The molecule has 0 radical (unpaired) electrons. The summed E-state index contributed by atoms with van der Waals surface area (Å²) in [5.74, 6) is -0.0256. The van der Waals surface area contributed by atoms with E-state index in [0.717, 1.165) is 0 Å². The predicted octanol–water partition coefficient (Wildman–Crippen LogP) is 7.57. The summed E-state index contributed by atoms with van der Waals surface area (Å²) in [6.45, 7) is -0.626. The lowest BCUT2D eigenvalue weighted by molar-refractivity contribution is 0.0964. The number of hydrogen-bond donors (Lipinski definition) is 2. The van der Waals surface area contributed by atoms with Gasteiger partial charge in [0.25, 0.3) is 5.91 Å². The molecule has 0 fully saturated rings. The summed E-state index contributed by atoms with van der Waals surface area (Å²) in [5, 5.41) is 3.03. The van der Waals surface area contributed by atoms with Gasteiger partial charge in [0.1, 0.15) is 34.2 Å². The van der Waals surface area contributed by atoms with Gasteiger partial charge in [0.15, 0.2) is 5.58 Å². The molecule has 6 rings (SSSR count). The van der Waals surface area contributed by atoms with Gasteiger partial charge in [-0.1, -0.05) is 6.07 Å². The van der Waals surface area contributed by atoms with Gasteiger partial charge in [-0.2, -0.15) is 0 Å². The molecule has 236 valence electrons. The van der Waals surface area contributed by atoms with Crippen molar-refractivity contribution in [2.75, 3.05) is 31.3 Å². The number of pyridine rings is 1. The number of carbonyl (C=O) groups is 1. The van der Waals surface area contributed by atoms with Crippen LogP contribution in [0.15, 0.2) is 87.8 Å². The molecule has 0 saturated carbocycles. The Morgan fingerprint density at radius 2 is 1.72 bits per heavy atom. The number of sulfonamides is 1. The quantitative estimate of drug-likeness (QED) is 0.139. The van der Waals surface area contributed by atoms with Crippen molar-refractivity contribution < 1.29 is 35.6 Å². The minimum atomic E-state index is -3.91. The fraction of sp³-hybridized carbons (Fsp3) is 0.176. The number of nitrogens with one attached hydrogen (secondary N) is 2. The molecule has 0 aliphatic rings. The number of benzene rings is 3. The van der Waals surface area contributed by atoms with Crippen LogP contribution in [0, 0.1) is 5.82 Å². The maximum atomic E-state index is 13.7. The molecule has 3 aromatic heterocycles. The van der Waals surface area contributed by atoms with E-state index >= 15 is 0 Å². The number of aromatic nitrogens is 1. The zero-order valence-corrected chi connectivity index (χ0v) is 25.7. The van der Waals surface area contributed by atoms with E-state index in [4.69, 9.17) is 13.6 Å². The number of alkyl halides is 1. The Hall–Kier alpha value is -5.23. The largest absolute Gasteiger partial charge is 0.496 e. The number of hydrogen-bond acceptors (Lipinski definition) is 7. The third kappa shape index (κ3) is 6.03.